The molecule has 90 valence electrons. The summed E-state index contributed by atoms with van der Waals surface area (Å²) >= 11 is 0. The van der Waals surface area contributed by atoms with E-state index in [1.54, 1.807) is 0 Å². The Hall–Kier alpha value is -1.48. The molecular formula is C6H2F7N3. The van der Waals surface area contributed by atoms with E-state index in [1.807, 2.05) is 0 Å². The molecule has 0 amide bonds. The average molecular weight is 249 g/mol. The smallest absolute Gasteiger partial charge is 0.225 e. The van der Waals surface area contributed by atoms with Gasteiger partial charge in [0.05, 0.1) is 0 Å². The van der Waals surface area contributed by atoms with Crippen LogP contribution in [0.25, 0.3) is 0 Å². The standard InChI is InChI=1S/C6H2F7N3/c7-4(8,3-15-1-14-2-16-3)5(9,10)6(11,12)13/h1-2H. The Labute approximate surface area is 83.3 Å². The summed E-state index contributed by atoms with van der Waals surface area (Å²) in [5, 5.41) is 0. The van der Waals surface area contributed by atoms with E-state index in [1.165, 1.54) is 0 Å². The van der Waals surface area contributed by atoms with Gasteiger partial charge in [-0.15, -0.1) is 0 Å². The minimum Gasteiger partial charge on any atom is -0.225 e. The summed E-state index contributed by atoms with van der Waals surface area (Å²) in [6, 6.07) is 0. The highest BCUT2D eigenvalue weighted by Crippen LogP contribution is 2.50. The van der Waals surface area contributed by atoms with Gasteiger partial charge >= 0.3 is 18.0 Å². The number of rotatable bonds is 2. The lowest BCUT2D eigenvalue weighted by Crippen LogP contribution is -2.50. The number of hydrogen-bond acceptors (Lipinski definition) is 3. The zero-order valence-corrected chi connectivity index (χ0v) is 7.14. The van der Waals surface area contributed by atoms with Crippen LogP contribution in [0.5, 0.6) is 0 Å². The van der Waals surface area contributed by atoms with Gasteiger partial charge in [0.25, 0.3) is 0 Å². The first kappa shape index (κ1) is 12.6. The van der Waals surface area contributed by atoms with Crippen molar-refractivity contribution in [3.63, 3.8) is 0 Å². The molecule has 0 bridgehead atoms. The summed E-state index contributed by atoms with van der Waals surface area (Å²) < 4.78 is 85.6. The molecule has 0 aliphatic heterocycles. The maximum absolute atomic E-state index is 12.8. The lowest BCUT2D eigenvalue weighted by atomic mass is 10.1. The van der Waals surface area contributed by atoms with Crippen molar-refractivity contribution in [1.29, 1.82) is 0 Å². The van der Waals surface area contributed by atoms with E-state index in [4.69, 9.17) is 0 Å². The first-order chi connectivity index (χ1) is 7.11. The molecular weight excluding hydrogens is 247 g/mol. The first-order valence-corrected chi connectivity index (χ1v) is 3.55. The monoisotopic (exact) mass is 249 g/mol. The quantitative estimate of drug-likeness (QED) is 0.754. The van der Waals surface area contributed by atoms with Crippen LogP contribution in [-0.4, -0.2) is 27.1 Å². The van der Waals surface area contributed by atoms with Crippen LogP contribution in [0.4, 0.5) is 30.7 Å². The van der Waals surface area contributed by atoms with Crippen molar-refractivity contribution in [3.05, 3.63) is 18.5 Å². The molecule has 0 aliphatic rings. The molecule has 1 aromatic heterocycles. The number of aromatic nitrogens is 3. The lowest BCUT2D eigenvalue weighted by molar-refractivity contribution is -0.361. The molecule has 0 aromatic carbocycles. The van der Waals surface area contributed by atoms with Crippen molar-refractivity contribution in [2.45, 2.75) is 18.0 Å². The zero-order valence-electron chi connectivity index (χ0n) is 7.14. The van der Waals surface area contributed by atoms with Crippen LogP contribution in [0.15, 0.2) is 12.7 Å². The average Bonchev–Trinajstić information content (AvgIpc) is 2.17. The molecule has 0 saturated heterocycles. The molecule has 0 N–H and O–H groups in total. The predicted molar refractivity (Wildman–Crippen MR) is 34.7 cm³/mol. The summed E-state index contributed by atoms with van der Waals surface area (Å²) in [5.74, 6) is -13.7. The highest BCUT2D eigenvalue weighted by Gasteiger charge is 2.75. The van der Waals surface area contributed by atoms with Gasteiger partial charge < -0.3 is 0 Å². The normalized spacial score (nSPS) is 13.9. The fourth-order valence-corrected chi connectivity index (χ4v) is 0.720. The zero-order chi connectivity index (χ0) is 12.6. The summed E-state index contributed by atoms with van der Waals surface area (Å²) in [6.45, 7) is 0. The number of halogens is 7. The van der Waals surface area contributed by atoms with Crippen LogP contribution in [0.2, 0.25) is 0 Å². The van der Waals surface area contributed by atoms with E-state index >= 15 is 0 Å². The highest BCUT2D eigenvalue weighted by atomic mass is 19.4. The van der Waals surface area contributed by atoms with Crippen molar-refractivity contribution in [3.8, 4) is 0 Å². The van der Waals surface area contributed by atoms with E-state index in [-0.39, 0.29) is 0 Å². The SMILES string of the molecule is FC(F)(F)C(F)(F)C(F)(F)c1ncncn1. The van der Waals surface area contributed by atoms with E-state index in [2.05, 4.69) is 15.0 Å². The van der Waals surface area contributed by atoms with E-state index in [0.717, 1.165) is 0 Å². The Bertz CT molecular complexity index is 360. The summed E-state index contributed by atoms with van der Waals surface area (Å²) in [6.07, 6.45) is -5.62. The topological polar surface area (TPSA) is 38.7 Å². The molecule has 1 rings (SSSR count). The van der Waals surface area contributed by atoms with Crippen LogP contribution in [0, 0.1) is 0 Å². The Kier molecular flexibility index (Phi) is 2.77. The molecule has 0 saturated carbocycles. The van der Waals surface area contributed by atoms with Gasteiger partial charge in [0.1, 0.15) is 12.7 Å². The second-order valence-corrected chi connectivity index (χ2v) is 2.61. The molecule has 0 unspecified atom stereocenters. The minimum absolute atomic E-state index is 0.392. The van der Waals surface area contributed by atoms with Gasteiger partial charge in [-0.1, -0.05) is 0 Å². The second kappa shape index (κ2) is 3.52. The molecule has 0 radical (unpaired) electrons. The lowest BCUT2D eigenvalue weighted by Gasteiger charge is -2.26. The van der Waals surface area contributed by atoms with E-state index in [0.29, 0.717) is 12.7 Å². The Morgan fingerprint density at radius 3 is 1.62 bits per heavy atom. The van der Waals surface area contributed by atoms with Crippen molar-refractivity contribution < 1.29 is 30.7 Å². The van der Waals surface area contributed by atoms with Gasteiger partial charge in [0, 0.05) is 0 Å². The van der Waals surface area contributed by atoms with E-state index < -0.39 is 23.8 Å². The maximum atomic E-state index is 12.8. The highest BCUT2D eigenvalue weighted by molar-refractivity contribution is 5.04. The fourth-order valence-electron chi connectivity index (χ4n) is 0.720. The Balaban J connectivity index is 3.22. The molecule has 3 nitrogen and oxygen atoms in total. The van der Waals surface area contributed by atoms with Gasteiger partial charge in [0.15, 0.2) is 0 Å². The summed E-state index contributed by atoms with van der Waals surface area (Å²) in [4.78, 5) is 8.18. The number of alkyl halides is 7. The second-order valence-electron chi connectivity index (χ2n) is 2.61. The van der Waals surface area contributed by atoms with Gasteiger partial charge in [-0.3, -0.25) is 0 Å². The molecule has 1 heterocycles. The maximum Gasteiger partial charge on any atom is 0.460 e. The largest absolute Gasteiger partial charge is 0.460 e. The van der Waals surface area contributed by atoms with Crippen LogP contribution in [-0.2, 0) is 5.92 Å². The fraction of sp³-hybridized carbons (Fsp3) is 0.500. The third kappa shape index (κ3) is 1.78. The minimum atomic E-state index is -6.40. The Morgan fingerprint density at radius 1 is 0.812 bits per heavy atom. The number of nitrogens with zero attached hydrogens (tertiary/aromatic N) is 3. The molecule has 0 fully saturated rings. The third-order valence-electron chi connectivity index (χ3n) is 1.52. The van der Waals surface area contributed by atoms with Crippen LogP contribution in [0.3, 0.4) is 0 Å². The van der Waals surface area contributed by atoms with Crippen LogP contribution >= 0.6 is 0 Å². The molecule has 1 aromatic rings. The molecule has 10 heteroatoms. The Morgan fingerprint density at radius 2 is 1.25 bits per heavy atom. The van der Waals surface area contributed by atoms with Crippen molar-refractivity contribution >= 4 is 0 Å². The molecule has 0 spiro atoms. The molecule has 16 heavy (non-hydrogen) atoms. The van der Waals surface area contributed by atoms with Gasteiger partial charge in [-0.2, -0.15) is 30.7 Å². The summed E-state index contributed by atoms with van der Waals surface area (Å²) in [7, 11) is 0. The van der Waals surface area contributed by atoms with Crippen LogP contribution < -0.4 is 0 Å². The van der Waals surface area contributed by atoms with Crippen molar-refractivity contribution in [2.24, 2.45) is 0 Å². The van der Waals surface area contributed by atoms with Gasteiger partial charge in [-0.05, 0) is 0 Å². The van der Waals surface area contributed by atoms with Gasteiger partial charge in [0.2, 0.25) is 5.82 Å². The van der Waals surface area contributed by atoms with Crippen LogP contribution in [0.1, 0.15) is 5.82 Å². The van der Waals surface area contributed by atoms with Crippen molar-refractivity contribution in [2.75, 3.05) is 0 Å². The summed E-state index contributed by atoms with van der Waals surface area (Å²) in [5.41, 5.74) is 0. The van der Waals surface area contributed by atoms with Gasteiger partial charge in [-0.25, -0.2) is 15.0 Å². The third-order valence-corrected chi connectivity index (χ3v) is 1.52. The van der Waals surface area contributed by atoms with Crippen molar-refractivity contribution in [1.82, 2.24) is 15.0 Å². The molecule has 0 aliphatic carbocycles. The number of hydrogen-bond donors (Lipinski definition) is 0. The molecule has 0 atom stereocenters. The van der Waals surface area contributed by atoms with E-state index in [9.17, 15) is 30.7 Å². The predicted octanol–water partition coefficient (Wildman–Crippen LogP) is 2.16. The first-order valence-electron chi connectivity index (χ1n) is 3.55.